The van der Waals surface area contributed by atoms with Crippen molar-refractivity contribution in [3.63, 3.8) is 0 Å². The number of pyridine rings is 1. The van der Waals surface area contributed by atoms with Crippen LogP contribution in [0.25, 0.3) is 10.9 Å². The third-order valence-electron chi connectivity index (χ3n) is 3.73. The summed E-state index contributed by atoms with van der Waals surface area (Å²) >= 11 is 6.04. The lowest BCUT2D eigenvalue weighted by molar-refractivity contribution is 0.388. The molecule has 0 radical (unpaired) electrons. The zero-order chi connectivity index (χ0) is 18.9. The number of rotatable bonds is 5. The lowest BCUT2D eigenvalue weighted by Crippen LogP contribution is -2.12. The minimum atomic E-state index is -4.21. The highest BCUT2D eigenvalue weighted by molar-refractivity contribution is 7.87. The maximum absolute atomic E-state index is 12.9. The Labute approximate surface area is 156 Å². The molecular formula is C18H16ClNO5S. The zero-order valence-corrected chi connectivity index (χ0v) is 15.9. The molecule has 2 aromatic carbocycles. The van der Waals surface area contributed by atoms with E-state index in [0.29, 0.717) is 5.52 Å². The number of halogens is 1. The molecule has 3 aromatic rings. The van der Waals surface area contributed by atoms with Crippen LogP contribution in [0.4, 0.5) is 0 Å². The standard InChI is InChI=1S/C18H16ClNO5S/c1-11-7-8-12-5-4-6-14(18(12)20-11)25-26(21,22)17-10-15(23-2)13(19)9-16(17)24-3/h4-10H,1-3H3. The van der Waals surface area contributed by atoms with E-state index in [9.17, 15) is 8.42 Å². The van der Waals surface area contributed by atoms with Gasteiger partial charge in [-0.3, -0.25) is 0 Å². The maximum atomic E-state index is 12.9. The van der Waals surface area contributed by atoms with E-state index >= 15 is 0 Å². The first-order valence-electron chi connectivity index (χ1n) is 7.58. The number of methoxy groups -OCH3 is 2. The number of hydrogen-bond donors (Lipinski definition) is 0. The Morgan fingerprint density at radius 2 is 1.69 bits per heavy atom. The molecule has 136 valence electrons. The van der Waals surface area contributed by atoms with Crippen molar-refractivity contribution in [3.8, 4) is 17.2 Å². The van der Waals surface area contributed by atoms with Gasteiger partial charge < -0.3 is 13.7 Å². The zero-order valence-electron chi connectivity index (χ0n) is 14.3. The molecule has 0 bridgehead atoms. The van der Waals surface area contributed by atoms with Gasteiger partial charge in [-0.25, -0.2) is 4.98 Å². The van der Waals surface area contributed by atoms with Gasteiger partial charge in [0.05, 0.1) is 19.2 Å². The number of benzene rings is 2. The SMILES string of the molecule is COc1cc(S(=O)(=O)Oc2cccc3ccc(C)nc23)c(OC)cc1Cl. The predicted molar refractivity (Wildman–Crippen MR) is 98.8 cm³/mol. The normalized spacial score (nSPS) is 11.4. The Bertz CT molecular complexity index is 1080. The third-order valence-corrected chi connectivity index (χ3v) is 5.28. The van der Waals surface area contributed by atoms with Crippen LogP contribution in [0, 0.1) is 6.92 Å². The molecule has 26 heavy (non-hydrogen) atoms. The summed E-state index contributed by atoms with van der Waals surface area (Å²) in [4.78, 5) is 4.19. The average Bonchev–Trinajstić information content (AvgIpc) is 2.61. The number of fused-ring (bicyclic) bond motifs is 1. The number of hydrogen-bond acceptors (Lipinski definition) is 6. The van der Waals surface area contributed by atoms with Gasteiger partial charge in [-0.1, -0.05) is 29.8 Å². The number of para-hydroxylation sites is 1. The molecular weight excluding hydrogens is 378 g/mol. The first-order valence-corrected chi connectivity index (χ1v) is 9.36. The van der Waals surface area contributed by atoms with E-state index in [2.05, 4.69) is 4.98 Å². The van der Waals surface area contributed by atoms with Crippen LogP contribution < -0.4 is 13.7 Å². The largest absolute Gasteiger partial charge is 0.495 e. The first kappa shape index (κ1) is 18.3. The van der Waals surface area contributed by atoms with Crippen molar-refractivity contribution in [2.24, 2.45) is 0 Å². The summed E-state index contributed by atoms with van der Waals surface area (Å²) in [6, 6.07) is 11.4. The van der Waals surface area contributed by atoms with Crippen molar-refractivity contribution in [1.82, 2.24) is 4.98 Å². The number of ether oxygens (including phenoxy) is 2. The second kappa shape index (κ2) is 7.01. The van der Waals surface area contributed by atoms with Gasteiger partial charge >= 0.3 is 10.1 Å². The number of aryl methyl sites for hydroxylation is 1. The molecule has 1 heterocycles. The summed E-state index contributed by atoms with van der Waals surface area (Å²) in [5.74, 6) is 0.379. The fourth-order valence-electron chi connectivity index (χ4n) is 2.48. The molecule has 0 saturated heterocycles. The van der Waals surface area contributed by atoms with E-state index in [-0.39, 0.29) is 27.2 Å². The van der Waals surface area contributed by atoms with Gasteiger partial charge in [-0.15, -0.1) is 0 Å². The molecule has 0 aliphatic carbocycles. The lowest BCUT2D eigenvalue weighted by atomic mass is 10.2. The molecule has 3 rings (SSSR count). The summed E-state index contributed by atoms with van der Waals surface area (Å²) in [5.41, 5.74) is 1.20. The maximum Gasteiger partial charge on any atom is 0.343 e. The van der Waals surface area contributed by atoms with Gasteiger partial charge in [0.1, 0.15) is 17.0 Å². The first-order chi connectivity index (χ1) is 12.4. The number of nitrogens with zero attached hydrogens (tertiary/aromatic N) is 1. The fraction of sp³-hybridized carbons (Fsp3) is 0.167. The Hall–Kier alpha value is -2.51. The smallest absolute Gasteiger partial charge is 0.343 e. The Morgan fingerprint density at radius 3 is 2.38 bits per heavy atom. The summed E-state index contributed by atoms with van der Waals surface area (Å²) in [5, 5.41) is 0.995. The van der Waals surface area contributed by atoms with E-state index in [1.165, 1.54) is 26.4 Å². The molecule has 0 aliphatic heterocycles. The van der Waals surface area contributed by atoms with E-state index < -0.39 is 10.1 Å². The number of aromatic nitrogens is 1. The van der Waals surface area contributed by atoms with Crippen LogP contribution in [0.15, 0.2) is 47.4 Å². The fourth-order valence-corrected chi connectivity index (χ4v) is 3.81. The molecule has 0 atom stereocenters. The summed E-state index contributed by atoms with van der Waals surface area (Å²) in [6.07, 6.45) is 0. The van der Waals surface area contributed by atoms with Crippen LogP contribution in [0.3, 0.4) is 0 Å². The van der Waals surface area contributed by atoms with E-state index in [1.54, 1.807) is 12.1 Å². The molecule has 6 nitrogen and oxygen atoms in total. The van der Waals surface area contributed by atoms with Crippen LogP contribution in [-0.2, 0) is 10.1 Å². The second-order valence-electron chi connectivity index (χ2n) is 5.46. The molecule has 0 amide bonds. The van der Waals surface area contributed by atoms with Crippen molar-refractivity contribution >= 4 is 32.6 Å². The van der Waals surface area contributed by atoms with Crippen LogP contribution in [-0.4, -0.2) is 27.6 Å². The topological polar surface area (TPSA) is 74.7 Å². The molecule has 0 N–H and O–H groups in total. The molecule has 1 aromatic heterocycles. The van der Waals surface area contributed by atoms with Crippen molar-refractivity contribution < 1.29 is 22.1 Å². The molecule has 0 fully saturated rings. The average molecular weight is 394 g/mol. The Morgan fingerprint density at radius 1 is 0.962 bits per heavy atom. The van der Waals surface area contributed by atoms with E-state index in [0.717, 1.165) is 11.1 Å². The highest BCUT2D eigenvalue weighted by Gasteiger charge is 2.25. The van der Waals surface area contributed by atoms with Gasteiger partial charge in [0.2, 0.25) is 0 Å². The van der Waals surface area contributed by atoms with Crippen LogP contribution in [0.5, 0.6) is 17.2 Å². The van der Waals surface area contributed by atoms with Crippen LogP contribution in [0.2, 0.25) is 5.02 Å². The van der Waals surface area contributed by atoms with Gasteiger partial charge in [0.15, 0.2) is 10.6 Å². The van der Waals surface area contributed by atoms with Crippen molar-refractivity contribution in [3.05, 3.63) is 53.2 Å². The Balaban J connectivity index is 2.12. The van der Waals surface area contributed by atoms with Gasteiger partial charge in [0, 0.05) is 23.2 Å². The van der Waals surface area contributed by atoms with E-state index in [4.69, 9.17) is 25.3 Å². The minimum Gasteiger partial charge on any atom is -0.495 e. The van der Waals surface area contributed by atoms with E-state index in [1.807, 2.05) is 25.1 Å². The van der Waals surface area contributed by atoms with Gasteiger partial charge in [-0.05, 0) is 19.1 Å². The molecule has 8 heteroatoms. The van der Waals surface area contributed by atoms with Crippen molar-refractivity contribution in [2.45, 2.75) is 11.8 Å². The highest BCUT2D eigenvalue weighted by atomic mass is 35.5. The molecule has 0 unspecified atom stereocenters. The lowest BCUT2D eigenvalue weighted by Gasteiger charge is -2.14. The quantitative estimate of drug-likeness (QED) is 0.610. The van der Waals surface area contributed by atoms with Crippen molar-refractivity contribution in [1.29, 1.82) is 0 Å². The minimum absolute atomic E-state index is 0.0557. The second-order valence-corrected chi connectivity index (χ2v) is 7.38. The Kier molecular flexibility index (Phi) is 4.93. The van der Waals surface area contributed by atoms with Crippen LogP contribution >= 0.6 is 11.6 Å². The molecule has 0 spiro atoms. The molecule has 0 aliphatic rings. The van der Waals surface area contributed by atoms with Gasteiger partial charge in [0.25, 0.3) is 0 Å². The summed E-state index contributed by atoms with van der Waals surface area (Å²) in [6.45, 7) is 1.82. The summed E-state index contributed by atoms with van der Waals surface area (Å²) < 4.78 is 41.3. The van der Waals surface area contributed by atoms with Crippen molar-refractivity contribution in [2.75, 3.05) is 14.2 Å². The highest BCUT2D eigenvalue weighted by Crippen LogP contribution is 2.37. The predicted octanol–water partition coefficient (Wildman–Crippen LogP) is 3.98. The molecule has 0 saturated carbocycles. The summed E-state index contributed by atoms with van der Waals surface area (Å²) in [7, 11) is -1.47. The monoisotopic (exact) mass is 393 g/mol. The third kappa shape index (κ3) is 3.40. The van der Waals surface area contributed by atoms with Gasteiger partial charge in [-0.2, -0.15) is 8.42 Å². The van der Waals surface area contributed by atoms with Crippen LogP contribution in [0.1, 0.15) is 5.69 Å².